The highest BCUT2D eigenvalue weighted by Crippen LogP contribution is 2.39. The molecule has 94 valence electrons. The van der Waals surface area contributed by atoms with Crippen molar-refractivity contribution in [3.05, 3.63) is 59.2 Å². The molecule has 2 rings (SSSR count). The second-order valence-corrected chi connectivity index (χ2v) is 4.29. The smallest absolute Gasteiger partial charge is 0.166 e. The minimum absolute atomic E-state index is 0.281. The quantitative estimate of drug-likeness (QED) is 0.669. The van der Waals surface area contributed by atoms with Gasteiger partial charge >= 0.3 is 6.18 Å². The van der Waals surface area contributed by atoms with Gasteiger partial charge < -0.3 is 0 Å². The normalized spacial score (nSPS) is 11.6. The first-order valence-corrected chi connectivity index (χ1v) is 5.64. The molecule has 0 fully saturated rings. The predicted octanol–water partition coefficient (Wildman–Crippen LogP) is 4.99. The number of halogens is 3. The van der Waals surface area contributed by atoms with Crippen LogP contribution in [-0.2, 0) is 6.18 Å². The van der Waals surface area contributed by atoms with Crippen molar-refractivity contribution in [1.82, 2.24) is 0 Å². The van der Waals surface area contributed by atoms with E-state index in [0.717, 1.165) is 11.6 Å². The third-order valence-corrected chi connectivity index (χ3v) is 3.10. The zero-order chi connectivity index (χ0) is 13.3. The molecule has 0 saturated carbocycles. The second-order valence-electron chi connectivity index (χ2n) is 4.29. The summed E-state index contributed by atoms with van der Waals surface area (Å²) in [5.41, 5.74) is 1.85. The summed E-state index contributed by atoms with van der Waals surface area (Å²) in [5.74, 6) is 0. The van der Waals surface area contributed by atoms with E-state index >= 15 is 0 Å². The fourth-order valence-corrected chi connectivity index (χ4v) is 2.03. The summed E-state index contributed by atoms with van der Waals surface area (Å²) < 4.78 is 39.1. The number of benzene rings is 2. The van der Waals surface area contributed by atoms with Gasteiger partial charge in [0.1, 0.15) is 0 Å². The predicted molar refractivity (Wildman–Crippen MR) is 66.4 cm³/mol. The first-order valence-electron chi connectivity index (χ1n) is 5.64. The van der Waals surface area contributed by atoms with Crippen LogP contribution < -0.4 is 0 Å². The topological polar surface area (TPSA) is 0 Å². The summed E-state index contributed by atoms with van der Waals surface area (Å²) in [6.45, 7) is 3.55. The summed E-state index contributed by atoms with van der Waals surface area (Å²) in [5, 5.41) is 0. The highest BCUT2D eigenvalue weighted by Gasteiger charge is 2.34. The third-order valence-electron chi connectivity index (χ3n) is 3.10. The Kier molecular flexibility index (Phi) is 3.16. The number of hydrogen-bond acceptors (Lipinski definition) is 0. The Bertz CT molecular complexity index is 554. The van der Waals surface area contributed by atoms with Crippen LogP contribution in [0.15, 0.2) is 42.5 Å². The van der Waals surface area contributed by atoms with Gasteiger partial charge in [0, 0.05) is 0 Å². The first kappa shape index (κ1) is 12.7. The number of aryl methyl sites for hydroxylation is 1. The maximum Gasteiger partial charge on any atom is 0.417 e. The lowest BCUT2D eigenvalue weighted by molar-refractivity contribution is -0.137. The SMILES string of the molecule is Cc1ccc(C(F)(F)F)c(-c2ccccc2)c1C. The van der Waals surface area contributed by atoms with Crippen LogP contribution in [0.1, 0.15) is 16.7 Å². The Morgan fingerprint density at radius 3 is 2.00 bits per heavy atom. The van der Waals surface area contributed by atoms with Crippen molar-refractivity contribution in [2.45, 2.75) is 20.0 Å². The molecule has 0 heterocycles. The molecule has 0 aliphatic heterocycles. The Hall–Kier alpha value is -1.77. The third kappa shape index (κ3) is 2.26. The molecule has 0 aromatic heterocycles. The summed E-state index contributed by atoms with van der Waals surface area (Å²) in [6.07, 6.45) is -4.33. The van der Waals surface area contributed by atoms with Crippen molar-refractivity contribution < 1.29 is 13.2 Å². The van der Waals surface area contributed by atoms with Crippen LogP contribution in [0.2, 0.25) is 0 Å². The average Bonchev–Trinajstić information content (AvgIpc) is 2.32. The molecule has 0 nitrogen and oxygen atoms in total. The van der Waals surface area contributed by atoms with Gasteiger partial charge in [0.2, 0.25) is 0 Å². The lowest BCUT2D eigenvalue weighted by atomic mass is 9.92. The standard InChI is InChI=1S/C15H13F3/c1-10-8-9-13(15(16,17)18)14(11(10)2)12-6-4-3-5-7-12/h3-9H,1-2H3. The molecular formula is C15H13F3. The summed E-state index contributed by atoms with van der Waals surface area (Å²) in [7, 11) is 0. The molecule has 0 atom stereocenters. The van der Waals surface area contributed by atoms with E-state index in [1.807, 2.05) is 6.92 Å². The molecule has 0 saturated heterocycles. The van der Waals surface area contributed by atoms with Crippen LogP contribution in [0.3, 0.4) is 0 Å². The van der Waals surface area contributed by atoms with Gasteiger partial charge in [-0.25, -0.2) is 0 Å². The van der Waals surface area contributed by atoms with Gasteiger partial charge in [-0.05, 0) is 42.2 Å². The highest BCUT2D eigenvalue weighted by atomic mass is 19.4. The lowest BCUT2D eigenvalue weighted by Crippen LogP contribution is -2.08. The first-order chi connectivity index (χ1) is 8.41. The van der Waals surface area contributed by atoms with E-state index in [4.69, 9.17) is 0 Å². The summed E-state index contributed by atoms with van der Waals surface area (Å²) in [4.78, 5) is 0. The lowest BCUT2D eigenvalue weighted by Gasteiger charge is -2.17. The van der Waals surface area contributed by atoms with Crippen LogP contribution in [0, 0.1) is 13.8 Å². The van der Waals surface area contributed by atoms with Gasteiger partial charge in [-0.3, -0.25) is 0 Å². The maximum atomic E-state index is 13.0. The van der Waals surface area contributed by atoms with Crippen molar-refractivity contribution in [2.75, 3.05) is 0 Å². The molecule has 0 unspecified atom stereocenters. The second kappa shape index (κ2) is 4.48. The molecule has 3 heteroatoms. The molecule has 0 spiro atoms. The molecule has 0 aliphatic rings. The number of rotatable bonds is 1. The molecule has 0 bridgehead atoms. The molecule has 2 aromatic rings. The molecule has 0 amide bonds. The van der Waals surface area contributed by atoms with Gasteiger partial charge in [-0.1, -0.05) is 36.4 Å². The van der Waals surface area contributed by atoms with E-state index in [2.05, 4.69) is 0 Å². The van der Waals surface area contributed by atoms with Crippen LogP contribution in [0.5, 0.6) is 0 Å². The Morgan fingerprint density at radius 2 is 1.44 bits per heavy atom. The Labute approximate surface area is 104 Å². The fraction of sp³-hybridized carbons (Fsp3) is 0.200. The summed E-state index contributed by atoms with van der Waals surface area (Å²) in [6, 6.07) is 11.4. The fourth-order valence-electron chi connectivity index (χ4n) is 2.03. The largest absolute Gasteiger partial charge is 0.417 e. The number of alkyl halides is 3. The van der Waals surface area contributed by atoms with Crippen LogP contribution in [-0.4, -0.2) is 0 Å². The van der Waals surface area contributed by atoms with E-state index in [1.165, 1.54) is 6.07 Å². The van der Waals surface area contributed by atoms with E-state index in [9.17, 15) is 13.2 Å². The van der Waals surface area contributed by atoms with Crippen LogP contribution in [0.4, 0.5) is 13.2 Å². The number of hydrogen-bond donors (Lipinski definition) is 0. The Balaban J connectivity index is 2.75. The van der Waals surface area contributed by atoms with Crippen LogP contribution >= 0.6 is 0 Å². The molecule has 18 heavy (non-hydrogen) atoms. The van der Waals surface area contributed by atoms with E-state index < -0.39 is 11.7 Å². The zero-order valence-electron chi connectivity index (χ0n) is 10.2. The molecule has 0 N–H and O–H groups in total. The minimum Gasteiger partial charge on any atom is -0.166 e. The Morgan fingerprint density at radius 1 is 0.833 bits per heavy atom. The minimum atomic E-state index is -4.33. The van der Waals surface area contributed by atoms with E-state index in [1.54, 1.807) is 37.3 Å². The van der Waals surface area contributed by atoms with E-state index in [0.29, 0.717) is 11.1 Å². The molecule has 0 aliphatic carbocycles. The monoisotopic (exact) mass is 250 g/mol. The van der Waals surface area contributed by atoms with Gasteiger partial charge in [0.15, 0.2) is 0 Å². The van der Waals surface area contributed by atoms with Gasteiger partial charge in [-0.2, -0.15) is 13.2 Å². The van der Waals surface area contributed by atoms with Gasteiger partial charge in [0.25, 0.3) is 0 Å². The van der Waals surface area contributed by atoms with Gasteiger partial charge in [-0.15, -0.1) is 0 Å². The van der Waals surface area contributed by atoms with Crippen molar-refractivity contribution in [3.63, 3.8) is 0 Å². The zero-order valence-corrected chi connectivity index (χ0v) is 10.2. The van der Waals surface area contributed by atoms with E-state index in [-0.39, 0.29) is 5.56 Å². The van der Waals surface area contributed by atoms with Crippen molar-refractivity contribution in [3.8, 4) is 11.1 Å². The van der Waals surface area contributed by atoms with Crippen LogP contribution in [0.25, 0.3) is 11.1 Å². The van der Waals surface area contributed by atoms with Crippen molar-refractivity contribution in [1.29, 1.82) is 0 Å². The maximum absolute atomic E-state index is 13.0. The summed E-state index contributed by atoms with van der Waals surface area (Å²) >= 11 is 0. The van der Waals surface area contributed by atoms with Crippen molar-refractivity contribution >= 4 is 0 Å². The van der Waals surface area contributed by atoms with Gasteiger partial charge in [0.05, 0.1) is 5.56 Å². The van der Waals surface area contributed by atoms with Crippen molar-refractivity contribution in [2.24, 2.45) is 0 Å². The average molecular weight is 250 g/mol. The molecule has 2 aromatic carbocycles. The molecule has 0 radical (unpaired) electrons. The molecular weight excluding hydrogens is 237 g/mol. The highest BCUT2D eigenvalue weighted by molar-refractivity contribution is 5.72.